The van der Waals surface area contributed by atoms with Crippen molar-refractivity contribution >= 4 is 17.9 Å². The third-order valence-corrected chi connectivity index (χ3v) is 2.42. The number of amides is 3. The van der Waals surface area contributed by atoms with Crippen LogP contribution in [0.5, 0.6) is 0 Å². The van der Waals surface area contributed by atoms with Gasteiger partial charge in [0.25, 0.3) is 0 Å². The molecule has 0 saturated heterocycles. The Morgan fingerprint density at radius 2 is 2.05 bits per heavy atom. The molecule has 0 saturated carbocycles. The highest BCUT2D eigenvalue weighted by Gasteiger charge is 2.23. The molecule has 0 aliphatic heterocycles. The summed E-state index contributed by atoms with van der Waals surface area (Å²) in [4.78, 5) is 35.3. The molecule has 1 unspecified atom stereocenters. The van der Waals surface area contributed by atoms with Gasteiger partial charge in [-0.15, -0.1) is 6.58 Å². The third-order valence-electron chi connectivity index (χ3n) is 2.42. The normalized spacial score (nSPS) is 11.7. The largest absolute Gasteiger partial charge is 0.480 e. The number of carboxylic acids is 1. The van der Waals surface area contributed by atoms with E-state index >= 15 is 0 Å². The lowest BCUT2D eigenvalue weighted by Crippen LogP contribution is -2.51. The van der Waals surface area contributed by atoms with Crippen molar-refractivity contribution in [3.05, 3.63) is 12.7 Å². The minimum atomic E-state index is -1.01. The van der Waals surface area contributed by atoms with Gasteiger partial charge in [0.15, 0.2) is 0 Å². The first-order chi connectivity index (χ1) is 8.92. The van der Waals surface area contributed by atoms with Crippen LogP contribution in [0.2, 0.25) is 0 Å². The Bertz CT molecular complexity index is 344. The number of nitrogens with zero attached hydrogens (tertiary/aromatic N) is 1. The Labute approximate surface area is 112 Å². The van der Waals surface area contributed by atoms with Gasteiger partial charge in [-0.2, -0.15) is 0 Å². The Morgan fingerprint density at radius 3 is 2.53 bits per heavy atom. The molecule has 7 nitrogen and oxygen atoms in total. The second kappa shape index (κ2) is 9.09. The number of hydrogen-bond donors (Lipinski definition) is 3. The molecule has 0 aliphatic rings. The van der Waals surface area contributed by atoms with Gasteiger partial charge in [0, 0.05) is 6.54 Å². The van der Waals surface area contributed by atoms with Crippen molar-refractivity contribution in [2.45, 2.75) is 26.3 Å². The van der Waals surface area contributed by atoms with Gasteiger partial charge in [-0.05, 0) is 19.9 Å². The number of hydrogen-bond acceptors (Lipinski definition) is 4. The topological polar surface area (TPSA) is 98.7 Å². The van der Waals surface area contributed by atoms with Gasteiger partial charge in [0.2, 0.25) is 5.91 Å². The lowest BCUT2D eigenvalue weighted by atomic mass is 10.2. The second-order valence-corrected chi connectivity index (χ2v) is 4.03. The van der Waals surface area contributed by atoms with Crippen LogP contribution in [-0.4, -0.2) is 53.6 Å². The van der Waals surface area contributed by atoms with Gasteiger partial charge < -0.3 is 10.4 Å². The van der Waals surface area contributed by atoms with E-state index in [4.69, 9.17) is 5.11 Å². The molecular formula is C12H21N3O4. The van der Waals surface area contributed by atoms with E-state index in [1.54, 1.807) is 6.92 Å². The number of carbonyl (C=O) groups excluding carboxylic acids is 2. The maximum Gasteiger partial charge on any atom is 0.321 e. The van der Waals surface area contributed by atoms with E-state index < -0.39 is 23.9 Å². The zero-order valence-corrected chi connectivity index (χ0v) is 11.3. The molecule has 0 rings (SSSR count). The SMILES string of the molecule is C=CCNC(=O)NC(=O)C(C)N(CCC)CC(=O)O. The highest BCUT2D eigenvalue weighted by atomic mass is 16.4. The monoisotopic (exact) mass is 271 g/mol. The summed E-state index contributed by atoms with van der Waals surface area (Å²) in [7, 11) is 0. The summed E-state index contributed by atoms with van der Waals surface area (Å²) in [6.07, 6.45) is 2.20. The van der Waals surface area contributed by atoms with Crippen LogP contribution in [0.15, 0.2) is 12.7 Å². The first-order valence-corrected chi connectivity index (χ1v) is 6.07. The first-order valence-electron chi connectivity index (χ1n) is 6.07. The van der Waals surface area contributed by atoms with Crippen molar-refractivity contribution in [3.8, 4) is 0 Å². The van der Waals surface area contributed by atoms with Gasteiger partial charge in [0.1, 0.15) is 0 Å². The molecule has 0 aliphatic carbocycles. The quantitative estimate of drug-likeness (QED) is 0.547. The van der Waals surface area contributed by atoms with Gasteiger partial charge >= 0.3 is 12.0 Å². The van der Waals surface area contributed by atoms with Crippen LogP contribution in [0, 0.1) is 0 Å². The van der Waals surface area contributed by atoms with E-state index in [0.29, 0.717) is 13.0 Å². The fourth-order valence-electron chi connectivity index (χ4n) is 1.46. The number of imide groups is 1. The average molecular weight is 271 g/mol. The number of urea groups is 1. The van der Waals surface area contributed by atoms with Crippen LogP contribution in [0.4, 0.5) is 4.79 Å². The van der Waals surface area contributed by atoms with Crippen LogP contribution in [-0.2, 0) is 9.59 Å². The molecule has 1 atom stereocenters. The molecule has 3 N–H and O–H groups in total. The Hall–Kier alpha value is -1.89. The van der Waals surface area contributed by atoms with E-state index in [1.165, 1.54) is 11.0 Å². The Morgan fingerprint density at radius 1 is 1.42 bits per heavy atom. The summed E-state index contributed by atoms with van der Waals surface area (Å²) >= 11 is 0. The van der Waals surface area contributed by atoms with Crippen LogP contribution < -0.4 is 10.6 Å². The molecule has 0 heterocycles. The fourth-order valence-corrected chi connectivity index (χ4v) is 1.46. The smallest absolute Gasteiger partial charge is 0.321 e. The molecule has 7 heteroatoms. The predicted octanol–water partition coefficient (Wildman–Crippen LogP) is 0.183. The molecule has 0 aromatic rings. The summed E-state index contributed by atoms with van der Waals surface area (Å²) in [5.41, 5.74) is 0. The molecule has 0 aromatic carbocycles. The zero-order valence-electron chi connectivity index (χ0n) is 11.3. The summed E-state index contributed by atoms with van der Waals surface area (Å²) in [6, 6.07) is -1.31. The number of nitrogens with one attached hydrogen (secondary N) is 2. The van der Waals surface area contributed by atoms with E-state index in [-0.39, 0.29) is 13.1 Å². The van der Waals surface area contributed by atoms with E-state index in [9.17, 15) is 14.4 Å². The average Bonchev–Trinajstić information content (AvgIpc) is 2.34. The lowest BCUT2D eigenvalue weighted by molar-refractivity contribution is -0.139. The second-order valence-electron chi connectivity index (χ2n) is 4.03. The zero-order chi connectivity index (χ0) is 14.8. The minimum Gasteiger partial charge on any atom is -0.480 e. The molecule has 19 heavy (non-hydrogen) atoms. The van der Waals surface area contributed by atoms with Crippen molar-refractivity contribution in [2.24, 2.45) is 0 Å². The van der Waals surface area contributed by atoms with Gasteiger partial charge in [0.05, 0.1) is 12.6 Å². The third kappa shape index (κ3) is 7.20. The molecule has 0 fully saturated rings. The summed E-state index contributed by atoms with van der Waals surface area (Å²) < 4.78 is 0. The van der Waals surface area contributed by atoms with E-state index in [2.05, 4.69) is 17.2 Å². The highest BCUT2D eigenvalue weighted by molar-refractivity contribution is 5.97. The van der Waals surface area contributed by atoms with Crippen molar-refractivity contribution in [2.75, 3.05) is 19.6 Å². The van der Waals surface area contributed by atoms with Gasteiger partial charge in [-0.1, -0.05) is 13.0 Å². The number of aliphatic carboxylic acids is 1. The summed E-state index contributed by atoms with van der Waals surface area (Å²) in [5.74, 6) is -1.54. The first kappa shape index (κ1) is 17.1. The van der Waals surface area contributed by atoms with Crippen LogP contribution in [0.25, 0.3) is 0 Å². The van der Waals surface area contributed by atoms with Crippen molar-refractivity contribution < 1.29 is 19.5 Å². The van der Waals surface area contributed by atoms with Gasteiger partial charge in [-0.3, -0.25) is 19.8 Å². The van der Waals surface area contributed by atoms with Crippen molar-refractivity contribution in [1.82, 2.24) is 15.5 Å². The number of carboxylic acid groups (broad SMARTS) is 1. The van der Waals surface area contributed by atoms with Crippen molar-refractivity contribution in [3.63, 3.8) is 0 Å². The summed E-state index contributed by atoms with van der Waals surface area (Å²) in [6.45, 7) is 7.36. The number of carbonyl (C=O) groups is 3. The lowest BCUT2D eigenvalue weighted by Gasteiger charge is -2.25. The van der Waals surface area contributed by atoms with E-state index in [1.807, 2.05) is 6.92 Å². The Kier molecular flexibility index (Phi) is 8.19. The Balaban J connectivity index is 4.44. The van der Waals surface area contributed by atoms with E-state index in [0.717, 1.165) is 0 Å². The molecule has 0 spiro atoms. The maximum atomic E-state index is 11.8. The van der Waals surface area contributed by atoms with Crippen LogP contribution >= 0.6 is 0 Å². The van der Waals surface area contributed by atoms with Crippen LogP contribution in [0.3, 0.4) is 0 Å². The molecule has 0 bridgehead atoms. The predicted molar refractivity (Wildman–Crippen MR) is 70.7 cm³/mol. The molecule has 0 radical (unpaired) electrons. The number of rotatable bonds is 8. The standard InChI is InChI=1S/C12H21N3O4/c1-4-6-13-12(19)14-11(18)9(3)15(7-5-2)8-10(16)17/h4,9H,1,5-8H2,2-3H3,(H,16,17)(H2,13,14,18,19). The van der Waals surface area contributed by atoms with Gasteiger partial charge in [-0.25, -0.2) is 4.79 Å². The molecule has 3 amide bonds. The molecular weight excluding hydrogens is 250 g/mol. The minimum absolute atomic E-state index is 0.239. The molecule has 0 aromatic heterocycles. The van der Waals surface area contributed by atoms with Crippen LogP contribution in [0.1, 0.15) is 20.3 Å². The fraction of sp³-hybridized carbons (Fsp3) is 0.583. The molecule has 108 valence electrons. The summed E-state index contributed by atoms with van der Waals surface area (Å²) in [5, 5.41) is 13.3. The maximum absolute atomic E-state index is 11.8. The van der Waals surface area contributed by atoms with Crippen molar-refractivity contribution in [1.29, 1.82) is 0 Å². The highest BCUT2D eigenvalue weighted by Crippen LogP contribution is 2.00.